The minimum atomic E-state index is 0.431. The maximum absolute atomic E-state index is 6.00. The fourth-order valence-corrected chi connectivity index (χ4v) is 3.35. The molecule has 0 bridgehead atoms. The summed E-state index contributed by atoms with van der Waals surface area (Å²) in [5, 5.41) is 0. The third-order valence-electron chi connectivity index (χ3n) is 4.53. The highest BCUT2D eigenvalue weighted by molar-refractivity contribution is 7.98. The molecule has 106 valence electrons. The minimum absolute atomic E-state index is 0.431. The molecule has 0 aromatic heterocycles. The summed E-state index contributed by atoms with van der Waals surface area (Å²) >= 11 is 1.80. The second-order valence-corrected chi connectivity index (χ2v) is 6.56. The molecule has 0 heterocycles. The molecule has 1 aliphatic carbocycles. The van der Waals surface area contributed by atoms with E-state index in [-0.39, 0.29) is 0 Å². The molecule has 19 heavy (non-hydrogen) atoms. The molecule has 1 atom stereocenters. The van der Waals surface area contributed by atoms with Crippen molar-refractivity contribution in [2.24, 2.45) is 5.73 Å². The van der Waals surface area contributed by atoms with E-state index in [0.29, 0.717) is 18.1 Å². The largest absolute Gasteiger partial charge is 0.328 e. The van der Waals surface area contributed by atoms with Crippen LogP contribution in [0.5, 0.6) is 0 Å². The molecule has 0 saturated heterocycles. The first-order valence-electron chi connectivity index (χ1n) is 7.23. The molecule has 1 unspecified atom stereocenters. The van der Waals surface area contributed by atoms with Crippen LogP contribution in [-0.4, -0.2) is 30.3 Å². The summed E-state index contributed by atoms with van der Waals surface area (Å²) in [6, 6.07) is 10.6. The SMILES string of the molecule is CSc1ccc(C(C)N(C)C2CCC(N)CC2)cc1. The van der Waals surface area contributed by atoms with Crippen LogP contribution in [0, 0.1) is 0 Å². The lowest BCUT2D eigenvalue weighted by molar-refractivity contribution is 0.140. The molecule has 1 aromatic rings. The summed E-state index contributed by atoms with van der Waals surface area (Å²) < 4.78 is 0. The summed E-state index contributed by atoms with van der Waals surface area (Å²) in [7, 11) is 2.26. The van der Waals surface area contributed by atoms with Crippen molar-refractivity contribution in [2.75, 3.05) is 13.3 Å². The summed E-state index contributed by atoms with van der Waals surface area (Å²) in [5.74, 6) is 0. The van der Waals surface area contributed by atoms with Crippen molar-refractivity contribution in [3.8, 4) is 0 Å². The minimum Gasteiger partial charge on any atom is -0.328 e. The van der Waals surface area contributed by atoms with E-state index in [1.165, 1.54) is 36.1 Å². The summed E-state index contributed by atoms with van der Waals surface area (Å²) in [6.45, 7) is 2.31. The number of nitrogens with zero attached hydrogens (tertiary/aromatic N) is 1. The maximum Gasteiger partial charge on any atom is 0.0319 e. The molecule has 0 spiro atoms. The van der Waals surface area contributed by atoms with Gasteiger partial charge in [0, 0.05) is 23.0 Å². The predicted molar refractivity (Wildman–Crippen MR) is 84.6 cm³/mol. The lowest BCUT2D eigenvalue weighted by Crippen LogP contribution is -2.39. The van der Waals surface area contributed by atoms with Crippen LogP contribution in [0.3, 0.4) is 0 Å². The van der Waals surface area contributed by atoms with Gasteiger partial charge in [-0.15, -0.1) is 11.8 Å². The number of nitrogens with two attached hydrogens (primary N) is 1. The lowest BCUT2D eigenvalue weighted by Gasteiger charge is -2.37. The van der Waals surface area contributed by atoms with Crippen molar-refractivity contribution in [3.63, 3.8) is 0 Å². The molecule has 3 heteroatoms. The van der Waals surface area contributed by atoms with Crippen molar-refractivity contribution >= 4 is 11.8 Å². The first-order chi connectivity index (χ1) is 9.11. The molecule has 2 N–H and O–H groups in total. The Morgan fingerprint density at radius 2 is 1.74 bits per heavy atom. The number of benzene rings is 1. The van der Waals surface area contributed by atoms with Gasteiger partial charge in [0.25, 0.3) is 0 Å². The first kappa shape index (κ1) is 14.9. The van der Waals surface area contributed by atoms with E-state index in [1.807, 2.05) is 0 Å². The Labute approximate surface area is 121 Å². The van der Waals surface area contributed by atoms with Crippen LogP contribution in [0.15, 0.2) is 29.2 Å². The van der Waals surface area contributed by atoms with Gasteiger partial charge < -0.3 is 5.73 Å². The molecule has 1 fully saturated rings. The Hall–Kier alpha value is -0.510. The second-order valence-electron chi connectivity index (χ2n) is 5.68. The fraction of sp³-hybridized carbons (Fsp3) is 0.625. The zero-order chi connectivity index (χ0) is 13.8. The number of rotatable bonds is 4. The van der Waals surface area contributed by atoms with E-state index < -0.39 is 0 Å². The van der Waals surface area contributed by atoms with Gasteiger partial charge in [-0.1, -0.05) is 12.1 Å². The fourth-order valence-electron chi connectivity index (χ4n) is 2.94. The summed E-state index contributed by atoms with van der Waals surface area (Å²) in [4.78, 5) is 3.86. The van der Waals surface area contributed by atoms with Crippen LogP contribution in [-0.2, 0) is 0 Å². The molecule has 0 aliphatic heterocycles. The Balaban J connectivity index is 1.99. The molecule has 2 rings (SSSR count). The maximum atomic E-state index is 6.00. The average Bonchev–Trinajstić information content (AvgIpc) is 2.46. The van der Waals surface area contributed by atoms with E-state index in [2.05, 4.69) is 49.4 Å². The van der Waals surface area contributed by atoms with E-state index >= 15 is 0 Å². The van der Waals surface area contributed by atoms with Gasteiger partial charge in [-0.2, -0.15) is 0 Å². The van der Waals surface area contributed by atoms with E-state index in [9.17, 15) is 0 Å². The highest BCUT2D eigenvalue weighted by Crippen LogP contribution is 2.29. The van der Waals surface area contributed by atoms with Gasteiger partial charge >= 0.3 is 0 Å². The van der Waals surface area contributed by atoms with Crippen molar-refractivity contribution in [3.05, 3.63) is 29.8 Å². The topological polar surface area (TPSA) is 29.3 Å². The Bertz CT molecular complexity index is 382. The number of hydrogen-bond donors (Lipinski definition) is 1. The van der Waals surface area contributed by atoms with E-state index in [0.717, 1.165) is 0 Å². The normalized spacial score (nSPS) is 25.5. The van der Waals surface area contributed by atoms with Gasteiger partial charge in [0.15, 0.2) is 0 Å². The Morgan fingerprint density at radius 1 is 1.16 bits per heavy atom. The summed E-state index contributed by atoms with van der Waals surface area (Å²) in [5.41, 5.74) is 7.41. The Kier molecular flexibility index (Phi) is 5.31. The average molecular weight is 278 g/mol. The van der Waals surface area contributed by atoms with Gasteiger partial charge in [0.2, 0.25) is 0 Å². The van der Waals surface area contributed by atoms with Crippen LogP contribution in [0.2, 0.25) is 0 Å². The molecular formula is C16H26N2S. The molecule has 1 aromatic carbocycles. The van der Waals surface area contributed by atoms with Crippen molar-refractivity contribution in [2.45, 2.75) is 55.6 Å². The molecule has 0 radical (unpaired) electrons. The highest BCUT2D eigenvalue weighted by Gasteiger charge is 2.25. The zero-order valence-corrected chi connectivity index (χ0v) is 13.1. The van der Waals surface area contributed by atoms with Crippen molar-refractivity contribution in [1.82, 2.24) is 4.90 Å². The monoisotopic (exact) mass is 278 g/mol. The van der Waals surface area contributed by atoms with Gasteiger partial charge in [-0.3, -0.25) is 4.90 Å². The molecule has 1 aliphatic rings. The molecule has 1 saturated carbocycles. The predicted octanol–water partition coefficient (Wildman–Crippen LogP) is 3.67. The third-order valence-corrected chi connectivity index (χ3v) is 5.27. The summed E-state index contributed by atoms with van der Waals surface area (Å²) in [6.07, 6.45) is 6.95. The smallest absolute Gasteiger partial charge is 0.0319 e. The first-order valence-corrected chi connectivity index (χ1v) is 8.45. The standard InChI is InChI=1S/C16H26N2S/c1-12(13-4-10-16(19-3)11-5-13)18(2)15-8-6-14(17)7-9-15/h4-5,10-12,14-15H,6-9,17H2,1-3H3. The van der Waals surface area contributed by atoms with Crippen LogP contribution < -0.4 is 5.73 Å². The quantitative estimate of drug-likeness (QED) is 0.852. The lowest BCUT2D eigenvalue weighted by atomic mass is 9.90. The van der Waals surface area contributed by atoms with Crippen molar-refractivity contribution < 1.29 is 0 Å². The van der Waals surface area contributed by atoms with Crippen LogP contribution in [0.4, 0.5) is 0 Å². The van der Waals surface area contributed by atoms with Crippen LogP contribution in [0.1, 0.15) is 44.2 Å². The number of hydrogen-bond acceptors (Lipinski definition) is 3. The van der Waals surface area contributed by atoms with Crippen molar-refractivity contribution in [1.29, 1.82) is 0 Å². The van der Waals surface area contributed by atoms with Gasteiger partial charge in [0.05, 0.1) is 0 Å². The van der Waals surface area contributed by atoms with E-state index in [4.69, 9.17) is 5.73 Å². The van der Waals surface area contributed by atoms with Gasteiger partial charge in [0.1, 0.15) is 0 Å². The van der Waals surface area contributed by atoms with Crippen LogP contribution >= 0.6 is 11.8 Å². The van der Waals surface area contributed by atoms with E-state index in [1.54, 1.807) is 11.8 Å². The number of thioether (sulfide) groups is 1. The molecule has 0 amide bonds. The van der Waals surface area contributed by atoms with Gasteiger partial charge in [-0.25, -0.2) is 0 Å². The second kappa shape index (κ2) is 6.78. The van der Waals surface area contributed by atoms with Gasteiger partial charge in [-0.05, 0) is 63.6 Å². The zero-order valence-electron chi connectivity index (χ0n) is 12.3. The molecular weight excluding hydrogens is 252 g/mol. The highest BCUT2D eigenvalue weighted by atomic mass is 32.2. The Morgan fingerprint density at radius 3 is 2.26 bits per heavy atom. The third kappa shape index (κ3) is 3.74. The molecule has 2 nitrogen and oxygen atoms in total. The van der Waals surface area contributed by atoms with Crippen LogP contribution in [0.25, 0.3) is 0 Å².